The lowest BCUT2D eigenvalue weighted by molar-refractivity contribution is -0.115. The SMILES string of the molecule is Cc1ccc(-c2ccccc2C[S@](=O)CC(N)=O)cc1C. The summed E-state index contributed by atoms with van der Waals surface area (Å²) in [5, 5.41) is 0. The number of rotatable bonds is 5. The molecule has 0 saturated carbocycles. The van der Waals surface area contributed by atoms with Crippen LogP contribution in [-0.2, 0) is 21.3 Å². The fourth-order valence-electron chi connectivity index (χ4n) is 2.22. The molecule has 0 aromatic heterocycles. The topological polar surface area (TPSA) is 60.2 Å². The summed E-state index contributed by atoms with van der Waals surface area (Å²) in [5.41, 5.74) is 10.7. The normalized spacial score (nSPS) is 12.1. The number of amides is 1. The predicted molar refractivity (Wildman–Crippen MR) is 87.3 cm³/mol. The van der Waals surface area contributed by atoms with Crippen LogP contribution in [0.2, 0.25) is 0 Å². The lowest BCUT2D eigenvalue weighted by atomic mass is 9.97. The number of carbonyl (C=O) groups is 1. The molecule has 2 aromatic rings. The van der Waals surface area contributed by atoms with E-state index in [-0.39, 0.29) is 5.75 Å². The smallest absolute Gasteiger partial charge is 0.230 e. The molecule has 1 atom stereocenters. The molecule has 0 bridgehead atoms. The van der Waals surface area contributed by atoms with Crippen molar-refractivity contribution in [1.82, 2.24) is 0 Å². The van der Waals surface area contributed by atoms with Crippen LogP contribution in [0.15, 0.2) is 42.5 Å². The molecule has 0 unspecified atom stereocenters. The Kier molecular flexibility index (Phi) is 4.91. The molecule has 0 saturated heterocycles. The summed E-state index contributed by atoms with van der Waals surface area (Å²) in [6, 6.07) is 14.1. The average molecular weight is 301 g/mol. The highest BCUT2D eigenvalue weighted by Crippen LogP contribution is 2.26. The van der Waals surface area contributed by atoms with Crippen LogP contribution >= 0.6 is 0 Å². The van der Waals surface area contributed by atoms with Gasteiger partial charge in [0.25, 0.3) is 0 Å². The monoisotopic (exact) mass is 301 g/mol. The van der Waals surface area contributed by atoms with Crippen LogP contribution in [0.5, 0.6) is 0 Å². The molecule has 1 amide bonds. The summed E-state index contributed by atoms with van der Waals surface area (Å²) >= 11 is 0. The van der Waals surface area contributed by atoms with Crippen molar-refractivity contribution < 1.29 is 9.00 Å². The second kappa shape index (κ2) is 6.68. The summed E-state index contributed by atoms with van der Waals surface area (Å²) < 4.78 is 11.9. The molecular formula is C17H19NO2S. The highest BCUT2D eigenvalue weighted by atomic mass is 32.2. The van der Waals surface area contributed by atoms with Gasteiger partial charge in [-0.2, -0.15) is 0 Å². The standard InChI is InChI=1S/C17H19NO2S/c1-12-7-8-14(9-13(12)2)16-6-4-3-5-15(16)10-21(20)11-17(18)19/h3-9H,10-11H2,1-2H3,(H2,18,19)/t21-/m0/s1. The van der Waals surface area contributed by atoms with Gasteiger partial charge in [-0.25, -0.2) is 0 Å². The highest BCUT2D eigenvalue weighted by molar-refractivity contribution is 7.84. The van der Waals surface area contributed by atoms with E-state index < -0.39 is 16.7 Å². The van der Waals surface area contributed by atoms with Crippen molar-refractivity contribution in [2.75, 3.05) is 5.75 Å². The van der Waals surface area contributed by atoms with E-state index in [1.807, 2.05) is 24.3 Å². The molecule has 2 rings (SSSR count). The Labute approximate surface area is 127 Å². The maximum Gasteiger partial charge on any atom is 0.230 e. The first-order chi connectivity index (χ1) is 9.97. The van der Waals surface area contributed by atoms with Gasteiger partial charge in [0.2, 0.25) is 5.91 Å². The molecule has 2 N–H and O–H groups in total. The largest absolute Gasteiger partial charge is 0.369 e. The number of carbonyl (C=O) groups excluding carboxylic acids is 1. The third-order valence-electron chi connectivity index (χ3n) is 3.46. The van der Waals surface area contributed by atoms with Crippen molar-refractivity contribution in [3.63, 3.8) is 0 Å². The minimum Gasteiger partial charge on any atom is -0.369 e. The number of primary amides is 1. The van der Waals surface area contributed by atoms with Gasteiger partial charge in [-0.15, -0.1) is 0 Å². The van der Waals surface area contributed by atoms with Crippen molar-refractivity contribution >= 4 is 16.7 Å². The minimum atomic E-state index is -1.27. The Bertz CT molecular complexity index is 695. The molecule has 0 heterocycles. The molecule has 110 valence electrons. The van der Waals surface area contributed by atoms with Crippen molar-refractivity contribution in [3.05, 3.63) is 59.2 Å². The second-order valence-electron chi connectivity index (χ2n) is 5.15. The molecule has 0 aliphatic carbocycles. The first-order valence-electron chi connectivity index (χ1n) is 6.76. The van der Waals surface area contributed by atoms with Crippen LogP contribution in [0.4, 0.5) is 0 Å². The van der Waals surface area contributed by atoms with Gasteiger partial charge in [-0.3, -0.25) is 9.00 Å². The van der Waals surface area contributed by atoms with Crippen molar-refractivity contribution in [3.8, 4) is 11.1 Å². The predicted octanol–water partition coefficient (Wildman–Crippen LogP) is 2.70. The zero-order valence-corrected chi connectivity index (χ0v) is 13.1. The minimum absolute atomic E-state index is 0.0960. The van der Waals surface area contributed by atoms with Gasteiger partial charge in [0.15, 0.2) is 0 Å². The molecule has 0 aliphatic rings. The Morgan fingerprint density at radius 3 is 2.48 bits per heavy atom. The van der Waals surface area contributed by atoms with E-state index in [1.165, 1.54) is 11.1 Å². The van der Waals surface area contributed by atoms with E-state index in [4.69, 9.17) is 5.73 Å². The zero-order chi connectivity index (χ0) is 15.4. The van der Waals surface area contributed by atoms with E-state index in [9.17, 15) is 9.00 Å². The van der Waals surface area contributed by atoms with Gasteiger partial charge in [-0.05, 0) is 41.7 Å². The first kappa shape index (κ1) is 15.4. The number of hydrogen-bond donors (Lipinski definition) is 1. The Morgan fingerprint density at radius 2 is 1.81 bits per heavy atom. The quantitative estimate of drug-likeness (QED) is 0.923. The van der Waals surface area contributed by atoms with Gasteiger partial charge in [0, 0.05) is 16.6 Å². The molecule has 0 fully saturated rings. The van der Waals surface area contributed by atoms with E-state index >= 15 is 0 Å². The van der Waals surface area contributed by atoms with E-state index in [1.54, 1.807) is 0 Å². The third kappa shape index (κ3) is 4.02. The zero-order valence-electron chi connectivity index (χ0n) is 12.3. The molecule has 0 spiro atoms. The van der Waals surface area contributed by atoms with Gasteiger partial charge >= 0.3 is 0 Å². The number of aryl methyl sites for hydroxylation is 2. The molecule has 3 nitrogen and oxygen atoms in total. The Balaban J connectivity index is 2.34. The summed E-state index contributed by atoms with van der Waals surface area (Å²) in [5.74, 6) is -0.287. The molecular weight excluding hydrogens is 282 g/mol. The van der Waals surface area contributed by atoms with Crippen LogP contribution in [0.1, 0.15) is 16.7 Å². The van der Waals surface area contributed by atoms with E-state index in [0.29, 0.717) is 5.75 Å². The molecule has 0 aliphatic heterocycles. The van der Waals surface area contributed by atoms with Crippen molar-refractivity contribution in [2.45, 2.75) is 19.6 Å². The van der Waals surface area contributed by atoms with Gasteiger partial charge in [0.05, 0.1) is 0 Å². The lowest BCUT2D eigenvalue weighted by Gasteiger charge is -2.11. The highest BCUT2D eigenvalue weighted by Gasteiger charge is 2.10. The fraction of sp³-hybridized carbons (Fsp3) is 0.235. The van der Waals surface area contributed by atoms with Crippen LogP contribution < -0.4 is 5.73 Å². The number of hydrogen-bond acceptors (Lipinski definition) is 2. The molecule has 21 heavy (non-hydrogen) atoms. The summed E-state index contributed by atoms with van der Waals surface area (Å²) in [6.45, 7) is 4.15. The van der Waals surface area contributed by atoms with Gasteiger partial charge in [-0.1, -0.05) is 42.5 Å². The van der Waals surface area contributed by atoms with Gasteiger partial charge < -0.3 is 5.73 Å². The summed E-state index contributed by atoms with van der Waals surface area (Å²) in [6.07, 6.45) is 0. The van der Waals surface area contributed by atoms with Crippen LogP contribution in [-0.4, -0.2) is 15.9 Å². The Hall–Kier alpha value is -1.94. The van der Waals surface area contributed by atoms with Crippen LogP contribution in [0.25, 0.3) is 11.1 Å². The molecule has 4 heteroatoms. The first-order valence-corrected chi connectivity index (χ1v) is 8.25. The van der Waals surface area contributed by atoms with E-state index in [2.05, 4.69) is 32.0 Å². The Morgan fingerprint density at radius 1 is 1.10 bits per heavy atom. The summed E-state index contributed by atoms with van der Waals surface area (Å²) in [7, 11) is -1.27. The van der Waals surface area contributed by atoms with Crippen LogP contribution in [0.3, 0.4) is 0 Å². The van der Waals surface area contributed by atoms with Gasteiger partial charge in [0.1, 0.15) is 5.75 Å². The number of benzene rings is 2. The molecule has 2 aromatic carbocycles. The molecule has 0 radical (unpaired) electrons. The summed E-state index contributed by atoms with van der Waals surface area (Å²) in [4.78, 5) is 10.9. The number of nitrogens with two attached hydrogens (primary N) is 1. The average Bonchev–Trinajstić information content (AvgIpc) is 2.41. The lowest BCUT2D eigenvalue weighted by Crippen LogP contribution is -2.20. The van der Waals surface area contributed by atoms with Crippen molar-refractivity contribution in [2.24, 2.45) is 5.73 Å². The van der Waals surface area contributed by atoms with E-state index in [0.717, 1.165) is 16.7 Å². The fourth-order valence-corrected chi connectivity index (χ4v) is 3.24. The maximum absolute atomic E-state index is 11.9. The third-order valence-corrected chi connectivity index (χ3v) is 4.69. The second-order valence-corrected chi connectivity index (χ2v) is 6.61. The maximum atomic E-state index is 11.9. The van der Waals surface area contributed by atoms with Crippen LogP contribution in [0, 0.1) is 13.8 Å². The van der Waals surface area contributed by atoms with Crippen molar-refractivity contribution in [1.29, 1.82) is 0 Å².